The third-order valence-corrected chi connectivity index (χ3v) is 9.62. The second-order valence-corrected chi connectivity index (χ2v) is 12.3. The summed E-state index contributed by atoms with van der Waals surface area (Å²) >= 11 is 6.49. The van der Waals surface area contributed by atoms with Crippen LogP contribution in [-0.2, 0) is 4.79 Å². The Morgan fingerprint density at radius 3 is 2.59 bits per heavy atom. The third kappa shape index (κ3) is 5.59. The van der Waals surface area contributed by atoms with Gasteiger partial charge in [0.15, 0.2) is 5.82 Å². The van der Waals surface area contributed by atoms with Gasteiger partial charge in [-0.2, -0.15) is 9.97 Å². The van der Waals surface area contributed by atoms with Gasteiger partial charge in [-0.15, -0.1) is 0 Å². The van der Waals surface area contributed by atoms with Gasteiger partial charge in [0, 0.05) is 41.8 Å². The van der Waals surface area contributed by atoms with Gasteiger partial charge < -0.3 is 15.0 Å². The minimum absolute atomic E-state index is 0.0553. The zero-order chi connectivity index (χ0) is 30.8. The lowest BCUT2D eigenvalue weighted by molar-refractivity contribution is -0.126. The highest BCUT2D eigenvalue weighted by molar-refractivity contribution is 6.36. The Hall–Kier alpha value is -3.82. The predicted octanol–water partition coefficient (Wildman–Crippen LogP) is 6.87. The summed E-state index contributed by atoms with van der Waals surface area (Å²) in [6.07, 6.45) is 9.87. The Balaban J connectivity index is 0.000000294. The fraction of sp³-hybridized carbons (Fsp3) is 0.412. The predicted molar refractivity (Wildman–Crippen MR) is 174 cm³/mol. The van der Waals surface area contributed by atoms with Gasteiger partial charge in [-0.3, -0.25) is 14.7 Å². The van der Waals surface area contributed by atoms with Crippen molar-refractivity contribution in [3.63, 3.8) is 0 Å². The van der Waals surface area contributed by atoms with Gasteiger partial charge in [-0.25, -0.2) is 4.39 Å². The molecule has 2 aromatic carbocycles. The van der Waals surface area contributed by atoms with Crippen LogP contribution in [0.4, 0.5) is 10.2 Å². The van der Waals surface area contributed by atoms with Crippen LogP contribution in [0.2, 0.25) is 5.02 Å². The van der Waals surface area contributed by atoms with Crippen molar-refractivity contribution in [1.29, 1.82) is 0 Å². The fourth-order valence-corrected chi connectivity index (χ4v) is 7.29. The molecule has 7 rings (SSSR count). The van der Waals surface area contributed by atoms with E-state index in [1.165, 1.54) is 18.9 Å². The number of halogens is 2. The number of pyridine rings is 1. The molecule has 0 aliphatic carbocycles. The largest absolute Gasteiger partial charge is 0.461 e. The van der Waals surface area contributed by atoms with Gasteiger partial charge in [0.05, 0.1) is 10.9 Å². The number of nitrogens with zero attached hydrogens (tertiary/aromatic N) is 5. The van der Waals surface area contributed by atoms with Gasteiger partial charge in [-0.05, 0) is 76.1 Å². The van der Waals surface area contributed by atoms with E-state index in [2.05, 4.69) is 38.7 Å². The molecular formula is C34H38ClFN6O2. The lowest BCUT2D eigenvalue weighted by atomic mass is 9.95. The molecule has 4 aromatic rings. The first-order valence-electron chi connectivity index (χ1n) is 15.4. The molecule has 1 amide bonds. The number of hydrogen-bond acceptors (Lipinski definition) is 7. The van der Waals surface area contributed by atoms with Gasteiger partial charge in [-0.1, -0.05) is 48.5 Å². The van der Waals surface area contributed by atoms with E-state index < -0.39 is 5.82 Å². The normalized spacial score (nSPS) is 19.1. The quantitative estimate of drug-likeness (QED) is 0.237. The molecule has 230 valence electrons. The molecule has 3 aliphatic rings. The lowest BCUT2D eigenvalue weighted by Crippen LogP contribution is -2.43. The summed E-state index contributed by atoms with van der Waals surface area (Å²) in [5.41, 5.74) is 1.06. The summed E-state index contributed by atoms with van der Waals surface area (Å²) in [7, 11) is 1.75. The minimum atomic E-state index is -0.518. The SMILES string of the molecule is C=CC(=O)N1CCCC1C.CNc1nc(OCC23CCCN2CCC3)nc2c(F)c(-c3cccc4cccc(Cl)c34)ncc12. The Morgan fingerprint density at radius 1 is 1.16 bits per heavy atom. The number of hydrogen-bond donors (Lipinski definition) is 1. The van der Waals surface area contributed by atoms with Crippen molar-refractivity contribution in [2.45, 2.75) is 57.0 Å². The Kier molecular flexibility index (Phi) is 8.69. The number of aromatic nitrogens is 3. The molecule has 0 saturated carbocycles. The van der Waals surface area contributed by atoms with E-state index in [0.29, 0.717) is 34.4 Å². The van der Waals surface area contributed by atoms with Crippen molar-refractivity contribution >= 4 is 45.0 Å². The molecule has 3 fully saturated rings. The third-order valence-electron chi connectivity index (χ3n) is 9.30. The molecule has 1 N–H and O–H groups in total. The van der Waals surface area contributed by atoms with Crippen molar-refractivity contribution in [1.82, 2.24) is 24.8 Å². The van der Waals surface area contributed by atoms with E-state index in [4.69, 9.17) is 16.3 Å². The van der Waals surface area contributed by atoms with Crippen molar-refractivity contribution in [2.24, 2.45) is 0 Å². The molecule has 3 aliphatic heterocycles. The molecule has 3 saturated heterocycles. The first kappa shape index (κ1) is 30.2. The van der Waals surface area contributed by atoms with Crippen LogP contribution in [0, 0.1) is 5.82 Å². The maximum Gasteiger partial charge on any atom is 0.319 e. The average Bonchev–Trinajstić information content (AvgIpc) is 3.76. The second-order valence-electron chi connectivity index (χ2n) is 11.9. The van der Waals surface area contributed by atoms with Gasteiger partial charge in [0.2, 0.25) is 5.91 Å². The Morgan fingerprint density at radius 2 is 1.91 bits per heavy atom. The second kappa shape index (κ2) is 12.7. The van der Waals surface area contributed by atoms with Crippen LogP contribution in [0.15, 0.2) is 55.3 Å². The van der Waals surface area contributed by atoms with Gasteiger partial charge >= 0.3 is 6.01 Å². The van der Waals surface area contributed by atoms with E-state index >= 15 is 4.39 Å². The molecular weight excluding hydrogens is 579 g/mol. The number of benzene rings is 2. The zero-order valence-electron chi connectivity index (χ0n) is 25.3. The average molecular weight is 617 g/mol. The number of nitrogens with one attached hydrogen (secondary N) is 1. The van der Waals surface area contributed by atoms with Crippen molar-refractivity contribution < 1.29 is 13.9 Å². The number of ether oxygens (including phenoxy) is 1. The summed E-state index contributed by atoms with van der Waals surface area (Å²) in [5.74, 6) is 0.0429. The van der Waals surface area contributed by atoms with Crippen LogP contribution in [0.1, 0.15) is 45.4 Å². The van der Waals surface area contributed by atoms with Crippen molar-refractivity contribution in [2.75, 3.05) is 38.6 Å². The number of carbonyl (C=O) groups excluding carboxylic acids is 1. The maximum absolute atomic E-state index is 16.0. The Bertz CT molecular complexity index is 1700. The first-order chi connectivity index (χ1) is 21.3. The van der Waals surface area contributed by atoms with E-state index in [-0.39, 0.29) is 28.7 Å². The molecule has 8 nitrogen and oxygen atoms in total. The molecule has 44 heavy (non-hydrogen) atoms. The number of fused-ring (bicyclic) bond motifs is 3. The number of carbonyl (C=O) groups is 1. The van der Waals surface area contributed by atoms with Crippen LogP contribution >= 0.6 is 11.6 Å². The molecule has 10 heteroatoms. The number of anilines is 1. The van der Waals surface area contributed by atoms with E-state index in [1.807, 2.05) is 35.2 Å². The number of rotatable bonds is 6. The zero-order valence-corrected chi connectivity index (χ0v) is 26.0. The molecule has 0 bridgehead atoms. The lowest BCUT2D eigenvalue weighted by Gasteiger charge is -2.31. The molecule has 1 unspecified atom stereocenters. The molecule has 5 heterocycles. The summed E-state index contributed by atoms with van der Waals surface area (Å²) in [6.45, 7) is 9.17. The highest BCUT2D eigenvalue weighted by Gasteiger charge is 2.45. The van der Waals surface area contributed by atoms with Crippen LogP contribution in [0.25, 0.3) is 32.9 Å². The first-order valence-corrected chi connectivity index (χ1v) is 15.8. The Labute approximate surface area is 262 Å². The summed E-state index contributed by atoms with van der Waals surface area (Å²) in [6, 6.07) is 11.9. The van der Waals surface area contributed by atoms with E-state index in [0.717, 1.165) is 56.1 Å². The summed E-state index contributed by atoms with van der Waals surface area (Å²) in [4.78, 5) is 28.9. The summed E-state index contributed by atoms with van der Waals surface area (Å²) in [5, 5.41) is 5.78. The topological polar surface area (TPSA) is 83.5 Å². The van der Waals surface area contributed by atoms with Gasteiger partial charge in [0.25, 0.3) is 0 Å². The minimum Gasteiger partial charge on any atom is -0.461 e. The monoisotopic (exact) mass is 616 g/mol. The number of amides is 1. The van der Waals surface area contributed by atoms with E-state index in [1.54, 1.807) is 19.3 Å². The molecule has 0 radical (unpaired) electrons. The molecule has 2 aromatic heterocycles. The highest BCUT2D eigenvalue weighted by Crippen LogP contribution is 2.40. The van der Waals surface area contributed by atoms with Crippen LogP contribution < -0.4 is 10.1 Å². The van der Waals surface area contributed by atoms with Crippen LogP contribution in [0.5, 0.6) is 6.01 Å². The van der Waals surface area contributed by atoms with E-state index in [9.17, 15) is 4.79 Å². The number of likely N-dealkylation sites (tertiary alicyclic amines) is 1. The van der Waals surface area contributed by atoms with Crippen molar-refractivity contribution in [3.05, 3.63) is 66.1 Å². The highest BCUT2D eigenvalue weighted by atomic mass is 35.5. The smallest absolute Gasteiger partial charge is 0.319 e. The standard InChI is InChI=1S/C26H25ClFN5O.C8H13NO/c1-29-24-18-14-30-22(17-8-2-6-16-7-3-9-19(27)20(16)17)21(28)23(18)31-25(32-24)34-15-26-10-4-12-33(26)13-5-11-26;1-3-8(10)9-6-4-5-7(9)2/h2-3,6-9,14H,4-5,10-13,15H2,1H3,(H,29,31,32);3,7H,1,4-6H2,2H3. The summed E-state index contributed by atoms with van der Waals surface area (Å²) < 4.78 is 22.1. The fourth-order valence-electron chi connectivity index (χ4n) is 7.01. The van der Waals surface area contributed by atoms with Gasteiger partial charge in [0.1, 0.15) is 23.6 Å². The van der Waals surface area contributed by atoms with Crippen LogP contribution in [-0.4, -0.2) is 75.5 Å². The van der Waals surface area contributed by atoms with Crippen LogP contribution in [0.3, 0.4) is 0 Å². The molecule has 1 atom stereocenters. The van der Waals surface area contributed by atoms with Crippen molar-refractivity contribution in [3.8, 4) is 17.3 Å². The molecule has 0 spiro atoms. The maximum atomic E-state index is 16.0.